The highest BCUT2D eigenvalue weighted by atomic mass is 32.1. The van der Waals surface area contributed by atoms with Crippen LogP contribution in [0.2, 0.25) is 0 Å². The summed E-state index contributed by atoms with van der Waals surface area (Å²) in [4.78, 5) is 32.5. The minimum atomic E-state index is -0.231. The Labute approximate surface area is 218 Å². The van der Waals surface area contributed by atoms with Crippen molar-refractivity contribution in [3.63, 3.8) is 0 Å². The first-order chi connectivity index (χ1) is 17.5. The maximum Gasteiger partial charge on any atom is 0.273 e. The van der Waals surface area contributed by atoms with Gasteiger partial charge in [-0.2, -0.15) is 0 Å². The van der Waals surface area contributed by atoms with Gasteiger partial charge in [-0.3, -0.25) is 4.79 Å². The number of likely N-dealkylation sites (tertiary alicyclic amines) is 1. The highest BCUT2D eigenvalue weighted by Crippen LogP contribution is 2.31. The standard InChI is InChI=1S/C28H39N3O4S/c1-22(2)26-29-25(20-36-26)27(33)31-14-18-35-28(21-31)9-12-30(13-10-28)11-7-23-5-3-6-24(19-23)8-17-34-16-4-15-32/h3,5-6,15,19-20,22H,4,7-14,16-18,21H2,1-2H3. The number of amides is 1. The first-order valence-corrected chi connectivity index (χ1v) is 14.1. The van der Waals surface area contributed by atoms with E-state index in [0.717, 1.165) is 56.6 Å². The number of hydrogen-bond acceptors (Lipinski definition) is 7. The number of rotatable bonds is 11. The van der Waals surface area contributed by atoms with E-state index in [1.54, 1.807) is 11.3 Å². The summed E-state index contributed by atoms with van der Waals surface area (Å²) in [6.45, 7) is 10.2. The molecule has 2 saturated heterocycles. The zero-order valence-electron chi connectivity index (χ0n) is 21.6. The number of nitrogens with zero attached hydrogens (tertiary/aromatic N) is 3. The molecule has 2 fully saturated rings. The summed E-state index contributed by atoms with van der Waals surface area (Å²) in [5, 5.41) is 2.92. The third-order valence-corrected chi connectivity index (χ3v) is 8.31. The average Bonchev–Trinajstić information content (AvgIpc) is 3.39. The molecule has 1 amide bonds. The van der Waals surface area contributed by atoms with E-state index in [-0.39, 0.29) is 11.5 Å². The zero-order valence-corrected chi connectivity index (χ0v) is 22.4. The topological polar surface area (TPSA) is 72.0 Å². The van der Waals surface area contributed by atoms with Crippen LogP contribution in [0.4, 0.5) is 0 Å². The van der Waals surface area contributed by atoms with Gasteiger partial charge in [0.15, 0.2) is 0 Å². The van der Waals surface area contributed by atoms with Crippen LogP contribution in [0.25, 0.3) is 0 Å². The molecule has 0 saturated carbocycles. The second-order valence-corrected chi connectivity index (χ2v) is 11.1. The first kappa shape index (κ1) is 26.9. The van der Waals surface area contributed by atoms with Crippen LogP contribution in [-0.2, 0) is 27.1 Å². The number of carbonyl (C=O) groups is 2. The number of aromatic nitrogens is 1. The molecule has 0 aliphatic carbocycles. The molecule has 2 aromatic rings. The minimum absolute atomic E-state index is 0.0391. The molecular formula is C28H39N3O4S. The molecule has 2 aliphatic heterocycles. The van der Waals surface area contributed by atoms with E-state index in [1.165, 1.54) is 11.1 Å². The Morgan fingerprint density at radius 3 is 2.69 bits per heavy atom. The predicted octanol–water partition coefficient (Wildman–Crippen LogP) is 3.96. The molecule has 36 heavy (non-hydrogen) atoms. The monoisotopic (exact) mass is 513 g/mol. The number of benzene rings is 1. The van der Waals surface area contributed by atoms with Crippen molar-refractivity contribution in [2.45, 2.75) is 57.5 Å². The van der Waals surface area contributed by atoms with Gasteiger partial charge in [-0.1, -0.05) is 38.1 Å². The van der Waals surface area contributed by atoms with Crippen molar-refractivity contribution in [3.05, 3.63) is 51.5 Å². The van der Waals surface area contributed by atoms with Crippen molar-refractivity contribution in [2.24, 2.45) is 0 Å². The van der Waals surface area contributed by atoms with E-state index in [0.29, 0.717) is 50.9 Å². The summed E-state index contributed by atoms with van der Waals surface area (Å²) in [5.41, 5.74) is 2.96. The lowest BCUT2D eigenvalue weighted by atomic mass is 9.89. The summed E-state index contributed by atoms with van der Waals surface area (Å²) < 4.78 is 11.8. The zero-order chi connectivity index (χ0) is 25.4. The van der Waals surface area contributed by atoms with Crippen molar-refractivity contribution in [1.82, 2.24) is 14.8 Å². The van der Waals surface area contributed by atoms with Gasteiger partial charge in [0.2, 0.25) is 0 Å². The molecule has 0 unspecified atom stereocenters. The molecule has 4 rings (SSSR count). The summed E-state index contributed by atoms with van der Waals surface area (Å²) in [6.07, 6.45) is 5.13. The SMILES string of the molecule is CC(C)c1nc(C(=O)N2CCOC3(CCN(CCc4cccc(CCOCCC=O)c4)CC3)C2)cs1. The van der Waals surface area contributed by atoms with Gasteiger partial charge in [-0.15, -0.1) is 11.3 Å². The highest BCUT2D eigenvalue weighted by Gasteiger charge is 2.41. The quantitative estimate of drug-likeness (QED) is 0.335. The Morgan fingerprint density at radius 1 is 1.19 bits per heavy atom. The lowest BCUT2D eigenvalue weighted by molar-refractivity contribution is -0.127. The van der Waals surface area contributed by atoms with E-state index < -0.39 is 0 Å². The smallest absolute Gasteiger partial charge is 0.273 e. The van der Waals surface area contributed by atoms with Crippen molar-refractivity contribution >= 4 is 23.5 Å². The molecule has 7 nitrogen and oxygen atoms in total. The van der Waals surface area contributed by atoms with Crippen molar-refractivity contribution < 1.29 is 19.1 Å². The van der Waals surface area contributed by atoms with Crippen LogP contribution < -0.4 is 0 Å². The van der Waals surface area contributed by atoms with Gasteiger partial charge in [-0.25, -0.2) is 4.98 Å². The lowest BCUT2D eigenvalue weighted by Gasteiger charge is -2.47. The number of morpholine rings is 1. The fourth-order valence-electron chi connectivity index (χ4n) is 4.97. The van der Waals surface area contributed by atoms with Crippen LogP contribution in [0.3, 0.4) is 0 Å². The molecule has 0 atom stereocenters. The number of ether oxygens (including phenoxy) is 2. The summed E-state index contributed by atoms with van der Waals surface area (Å²) in [5.74, 6) is 0.380. The molecule has 0 N–H and O–H groups in total. The van der Waals surface area contributed by atoms with Gasteiger partial charge in [0.05, 0.1) is 37.0 Å². The molecule has 1 spiro atoms. The van der Waals surface area contributed by atoms with Gasteiger partial charge in [0, 0.05) is 43.9 Å². The van der Waals surface area contributed by atoms with E-state index in [1.807, 2.05) is 10.3 Å². The molecule has 1 aromatic carbocycles. The first-order valence-electron chi connectivity index (χ1n) is 13.2. The minimum Gasteiger partial charge on any atom is -0.381 e. The van der Waals surface area contributed by atoms with Crippen LogP contribution >= 0.6 is 11.3 Å². The molecule has 0 bridgehead atoms. The Hall–Kier alpha value is -2.13. The van der Waals surface area contributed by atoms with Crippen LogP contribution in [-0.4, -0.2) is 85.1 Å². The van der Waals surface area contributed by atoms with E-state index in [2.05, 4.69) is 48.0 Å². The van der Waals surface area contributed by atoms with Gasteiger partial charge >= 0.3 is 0 Å². The average molecular weight is 514 g/mol. The van der Waals surface area contributed by atoms with Crippen LogP contribution in [0.1, 0.15) is 65.7 Å². The summed E-state index contributed by atoms with van der Waals surface area (Å²) in [6, 6.07) is 8.72. The van der Waals surface area contributed by atoms with Crippen molar-refractivity contribution in [2.75, 3.05) is 52.5 Å². The number of thiazole rings is 1. The van der Waals surface area contributed by atoms with E-state index in [4.69, 9.17) is 9.47 Å². The molecular weight excluding hydrogens is 474 g/mol. The normalized spacial score (nSPS) is 18.1. The Bertz CT molecular complexity index is 1000. The second kappa shape index (κ2) is 12.9. The molecule has 2 aliphatic rings. The fraction of sp³-hybridized carbons (Fsp3) is 0.607. The van der Waals surface area contributed by atoms with Gasteiger partial charge < -0.3 is 24.1 Å². The Kier molecular flexibility index (Phi) is 9.65. The summed E-state index contributed by atoms with van der Waals surface area (Å²) in [7, 11) is 0. The van der Waals surface area contributed by atoms with Gasteiger partial charge in [0.25, 0.3) is 5.91 Å². The summed E-state index contributed by atoms with van der Waals surface area (Å²) >= 11 is 1.57. The molecule has 8 heteroatoms. The van der Waals surface area contributed by atoms with E-state index >= 15 is 0 Å². The second-order valence-electron chi connectivity index (χ2n) is 10.2. The molecule has 1 aromatic heterocycles. The maximum absolute atomic E-state index is 13.1. The van der Waals surface area contributed by atoms with Gasteiger partial charge in [0.1, 0.15) is 12.0 Å². The van der Waals surface area contributed by atoms with Crippen LogP contribution in [0.15, 0.2) is 29.6 Å². The molecule has 3 heterocycles. The fourth-order valence-corrected chi connectivity index (χ4v) is 5.78. The van der Waals surface area contributed by atoms with Gasteiger partial charge in [-0.05, 0) is 36.8 Å². The van der Waals surface area contributed by atoms with E-state index in [9.17, 15) is 9.59 Å². The number of carbonyl (C=O) groups excluding carboxylic acids is 2. The molecule has 0 radical (unpaired) electrons. The largest absolute Gasteiger partial charge is 0.381 e. The maximum atomic E-state index is 13.1. The van der Waals surface area contributed by atoms with Crippen molar-refractivity contribution in [3.8, 4) is 0 Å². The molecule has 196 valence electrons. The number of aldehydes is 1. The van der Waals surface area contributed by atoms with Crippen LogP contribution in [0, 0.1) is 0 Å². The predicted molar refractivity (Wildman–Crippen MR) is 142 cm³/mol. The Morgan fingerprint density at radius 2 is 1.97 bits per heavy atom. The third-order valence-electron chi connectivity index (χ3n) is 7.16. The highest BCUT2D eigenvalue weighted by molar-refractivity contribution is 7.09. The third kappa shape index (κ3) is 7.22. The van der Waals surface area contributed by atoms with Crippen LogP contribution in [0.5, 0.6) is 0 Å². The lowest BCUT2D eigenvalue weighted by Crippen LogP contribution is -2.58. The Balaban J connectivity index is 1.23. The van der Waals surface area contributed by atoms with Crippen molar-refractivity contribution in [1.29, 1.82) is 0 Å². The number of piperidine rings is 1. The number of hydrogen-bond donors (Lipinski definition) is 0.